The van der Waals surface area contributed by atoms with Crippen LogP contribution in [-0.2, 0) is 10.0 Å². The van der Waals surface area contributed by atoms with E-state index in [1.165, 1.54) is 0 Å². The van der Waals surface area contributed by atoms with Crippen molar-refractivity contribution in [3.05, 3.63) is 26.6 Å². The summed E-state index contributed by atoms with van der Waals surface area (Å²) in [6.45, 7) is 2.53. The fraction of sp³-hybridized carbons (Fsp3) is 0.538. The van der Waals surface area contributed by atoms with E-state index in [0.717, 1.165) is 29.3 Å². The maximum Gasteiger partial charge on any atom is 0.244 e. The van der Waals surface area contributed by atoms with Crippen molar-refractivity contribution in [2.45, 2.75) is 37.1 Å². The minimum absolute atomic E-state index is 0.0423. The number of hydrogen-bond acceptors (Lipinski definition) is 2. The van der Waals surface area contributed by atoms with Crippen molar-refractivity contribution in [1.29, 1.82) is 0 Å². The first-order valence-electron chi connectivity index (χ1n) is 6.41. The van der Waals surface area contributed by atoms with Crippen LogP contribution in [0.2, 0.25) is 0 Å². The largest absolute Gasteiger partial charge is 0.244 e. The van der Waals surface area contributed by atoms with Crippen LogP contribution in [0.4, 0.5) is 0 Å². The van der Waals surface area contributed by atoms with E-state index in [2.05, 4.69) is 47.8 Å². The first kappa shape index (κ1) is 16.9. The van der Waals surface area contributed by atoms with Gasteiger partial charge in [0.1, 0.15) is 0 Å². The lowest BCUT2D eigenvalue weighted by Crippen LogP contribution is -2.44. The van der Waals surface area contributed by atoms with Crippen LogP contribution in [0.15, 0.2) is 26.0 Å². The predicted octanol–water partition coefficient (Wildman–Crippen LogP) is 4.46. The average molecular weight is 490 g/mol. The maximum atomic E-state index is 12.9. The summed E-state index contributed by atoms with van der Waals surface area (Å²) < 4.78 is 28.9. The Labute approximate surface area is 145 Å². The summed E-state index contributed by atoms with van der Waals surface area (Å²) in [5, 5.41) is 0.677. The molecule has 0 saturated carbocycles. The van der Waals surface area contributed by atoms with Gasteiger partial charge in [0.15, 0.2) is 0 Å². The smallest absolute Gasteiger partial charge is 0.207 e. The van der Waals surface area contributed by atoms with E-state index >= 15 is 0 Å². The molecule has 0 aromatic heterocycles. The Morgan fingerprint density at radius 3 is 2.60 bits per heavy atom. The lowest BCUT2D eigenvalue weighted by molar-refractivity contribution is 0.273. The first-order chi connectivity index (χ1) is 9.37. The first-order valence-corrected chi connectivity index (χ1v) is 10.6. The van der Waals surface area contributed by atoms with Crippen LogP contribution in [0, 0.1) is 6.92 Å². The van der Waals surface area contributed by atoms with Crippen LogP contribution in [0.25, 0.3) is 0 Å². The number of sulfonamides is 1. The molecule has 1 aliphatic heterocycles. The van der Waals surface area contributed by atoms with Crippen molar-refractivity contribution in [1.82, 2.24) is 4.31 Å². The van der Waals surface area contributed by atoms with Crippen LogP contribution in [0.5, 0.6) is 0 Å². The molecule has 0 amide bonds. The quantitative estimate of drug-likeness (QED) is 0.588. The second kappa shape index (κ2) is 6.77. The molecule has 0 radical (unpaired) electrons. The number of hydrogen-bond donors (Lipinski definition) is 0. The van der Waals surface area contributed by atoms with Gasteiger partial charge in [0.05, 0.1) is 4.90 Å². The molecule has 20 heavy (non-hydrogen) atoms. The molecule has 2 rings (SSSR count). The summed E-state index contributed by atoms with van der Waals surface area (Å²) in [7, 11) is -3.47. The Kier molecular flexibility index (Phi) is 5.73. The second-order valence-electron chi connectivity index (χ2n) is 4.95. The SMILES string of the molecule is Cc1cc(Br)c(S(=O)(=O)N2CCCCC2CBr)cc1Br. The third-order valence-corrected chi connectivity index (χ3v) is 8.06. The molecule has 1 atom stereocenters. The molecular weight excluding hydrogens is 474 g/mol. The summed E-state index contributed by atoms with van der Waals surface area (Å²) in [6, 6.07) is 3.57. The van der Waals surface area contributed by atoms with E-state index in [1.54, 1.807) is 10.4 Å². The van der Waals surface area contributed by atoms with Crippen molar-refractivity contribution in [2.75, 3.05) is 11.9 Å². The molecule has 0 spiro atoms. The fourth-order valence-corrected chi connectivity index (χ4v) is 6.59. The number of halogens is 3. The van der Waals surface area contributed by atoms with Crippen molar-refractivity contribution >= 4 is 57.8 Å². The molecule has 1 saturated heterocycles. The monoisotopic (exact) mass is 487 g/mol. The molecule has 3 nitrogen and oxygen atoms in total. The number of nitrogens with zero attached hydrogens (tertiary/aromatic N) is 1. The molecule has 1 aromatic rings. The normalized spacial score (nSPS) is 21.1. The molecule has 1 aliphatic rings. The molecule has 7 heteroatoms. The van der Waals surface area contributed by atoms with Gasteiger partial charge in [-0.25, -0.2) is 8.42 Å². The Balaban J connectivity index is 2.46. The predicted molar refractivity (Wildman–Crippen MR) is 91.9 cm³/mol. The van der Waals surface area contributed by atoms with Gasteiger partial charge in [-0.3, -0.25) is 0 Å². The van der Waals surface area contributed by atoms with Crippen LogP contribution < -0.4 is 0 Å². The van der Waals surface area contributed by atoms with Gasteiger partial charge in [0, 0.05) is 26.9 Å². The molecule has 112 valence electrons. The van der Waals surface area contributed by atoms with Gasteiger partial charge in [0.2, 0.25) is 10.0 Å². The van der Waals surface area contributed by atoms with Gasteiger partial charge in [-0.1, -0.05) is 38.3 Å². The average Bonchev–Trinajstić information content (AvgIpc) is 2.42. The van der Waals surface area contributed by atoms with Crippen LogP contribution >= 0.6 is 47.8 Å². The highest BCUT2D eigenvalue weighted by atomic mass is 79.9. The van der Waals surface area contributed by atoms with Crippen molar-refractivity contribution < 1.29 is 8.42 Å². The molecule has 0 aliphatic carbocycles. The molecular formula is C13H16Br3NO2S. The Morgan fingerprint density at radius 1 is 1.25 bits per heavy atom. The van der Waals surface area contributed by atoms with Gasteiger partial charge in [-0.15, -0.1) is 0 Å². The van der Waals surface area contributed by atoms with Crippen LogP contribution in [-0.4, -0.2) is 30.6 Å². The topological polar surface area (TPSA) is 37.4 Å². The number of rotatable bonds is 3. The number of aryl methyl sites for hydroxylation is 1. The summed E-state index contributed by atoms with van der Waals surface area (Å²) in [5.74, 6) is 0. The maximum absolute atomic E-state index is 12.9. The molecule has 0 bridgehead atoms. The van der Waals surface area contributed by atoms with Gasteiger partial charge in [0.25, 0.3) is 0 Å². The van der Waals surface area contributed by atoms with Crippen LogP contribution in [0.1, 0.15) is 24.8 Å². The number of benzene rings is 1. The summed E-state index contributed by atoms with van der Waals surface area (Å²) in [5.41, 5.74) is 1.01. The van der Waals surface area contributed by atoms with Gasteiger partial charge >= 0.3 is 0 Å². The fourth-order valence-electron chi connectivity index (χ4n) is 2.40. The van der Waals surface area contributed by atoms with Crippen LogP contribution in [0.3, 0.4) is 0 Å². The van der Waals surface area contributed by atoms with Crippen molar-refractivity contribution in [3.63, 3.8) is 0 Å². The Bertz CT molecular complexity index is 604. The minimum atomic E-state index is -3.47. The highest BCUT2D eigenvalue weighted by Crippen LogP contribution is 2.33. The van der Waals surface area contributed by atoms with Gasteiger partial charge in [-0.05, 0) is 53.4 Å². The lowest BCUT2D eigenvalue weighted by Gasteiger charge is -2.33. The Morgan fingerprint density at radius 2 is 1.95 bits per heavy atom. The standard InChI is InChI=1S/C13H16Br3NO2S/c1-9-6-12(16)13(7-11(9)15)20(18,19)17-5-3-2-4-10(17)8-14/h6-7,10H,2-5,8H2,1H3. The van der Waals surface area contributed by atoms with E-state index in [-0.39, 0.29) is 6.04 Å². The van der Waals surface area contributed by atoms with E-state index in [0.29, 0.717) is 21.2 Å². The molecule has 1 unspecified atom stereocenters. The molecule has 0 N–H and O–H groups in total. The van der Waals surface area contributed by atoms with Crippen molar-refractivity contribution in [2.24, 2.45) is 0 Å². The zero-order valence-corrected chi connectivity index (χ0v) is 16.6. The van der Waals surface area contributed by atoms with Gasteiger partial charge < -0.3 is 0 Å². The van der Waals surface area contributed by atoms with E-state index in [9.17, 15) is 8.42 Å². The zero-order valence-electron chi connectivity index (χ0n) is 11.1. The van der Waals surface area contributed by atoms with E-state index in [4.69, 9.17) is 0 Å². The molecule has 1 aromatic carbocycles. The number of piperidine rings is 1. The van der Waals surface area contributed by atoms with Crippen molar-refractivity contribution in [3.8, 4) is 0 Å². The molecule has 1 heterocycles. The number of alkyl halides is 1. The lowest BCUT2D eigenvalue weighted by atomic mass is 10.1. The third-order valence-electron chi connectivity index (χ3n) is 3.55. The highest BCUT2D eigenvalue weighted by molar-refractivity contribution is 9.11. The van der Waals surface area contributed by atoms with E-state index in [1.807, 2.05) is 13.0 Å². The highest BCUT2D eigenvalue weighted by Gasteiger charge is 2.34. The second-order valence-corrected chi connectivity index (χ2v) is 9.17. The van der Waals surface area contributed by atoms with E-state index < -0.39 is 10.0 Å². The minimum Gasteiger partial charge on any atom is -0.207 e. The third kappa shape index (κ3) is 3.32. The summed E-state index contributed by atoms with van der Waals surface area (Å²) in [4.78, 5) is 0.336. The Hall–Kier alpha value is 0.570. The summed E-state index contributed by atoms with van der Waals surface area (Å²) >= 11 is 10.2. The zero-order chi connectivity index (χ0) is 14.9. The van der Waals surface area contributed by atoms with Gasteiger partial charge in [-0.2, -0.15) is 4.31 Å². The summed E-state index contributed by atoms with van der Waals surface area (Å²) in [6.07, 6.45) is 2.92. The molecule has 1 fully saturated rings.